The smallest absolute Gasteiger partial charge is 0.264 e. The molecule has 0 radical (unpaired) electrons. The lowest BCUT2D eigenvalue weighted by molar-refractivity contribution is -0.114. The third-order valence-electron chi connectivity index (χ3n) is 6.33. The maximum Gasteiger partial charge on any atom is 0.264 e. The molecule has 4 aromatic rings. The van der Waals surface area contributed by atoms with Crippen molar-refractivity contribution in [3.05, 3.63) is 113 Å². The molecule has 0 fully saturated rings. The maximum atomic E-state index is 13.6. The Kier molecular flexibility index (Phi) is 8.32. The molecule has 0 aliphatic carbocycles. The highest BCUT2D eigenvalue weighted by atomic mass is 32.2. The van der Waals surface area contributed by atoms with Crippen LogP contribution in [0, 0.1) is 27.7 Å². The highest BCUT2D eigenvalue weighted by Gasteiger charge is 2.28. The van der Waals surface area contributed by atoms with Gasteiger partial charge in [-0.1, -0.05) is 48.0 Å². The third kappa shape index (κ3) is 6.52. The first kappa shape index (κ1) is 28.8. The lowest BCUT2D eigenvalue weighted by Gasteiger charge is -2.26. The van der Waals surface area contributed by atoms with Crippen LogP contribution in [-0.2, 0) is 24.8 Å². The normalized spacial score (nSPS) is 11.6. The number of aryl methyl sites for hydroxylation is 4. The molecule has 0 aliphatic rings. The van der Waals surface area contributed by atoms with Crippen LogP contribution in [0.4, 0.5) is 17.1 Å². The highest BCUT2D eigenvalue weighted by Crippen LogP contribution is 2.28. The van der Waals surface area contributed by atoms with E-state index in [4.69, 9.17) is 0 Å². The van der Waals surface area contributed by atoms with E-state index in [9.17, 15) is 21.6 Å². The van der Waals surface area contributed by atoms with Gasteiger partial charge < -0.3 is 5.32 Å². The van der Waals surface area contributed by atoms with Crippen LogP contribution in [0.15, 0.2) is 101 Å². The van der Waals surface area contributed by atoms with E-state index in [-0.39, 0.29) is 9.79 Å². The van der Waals surface area contributed by atoms with E-state index >= 15 is 0 Å². The molecule has 0 saturated heterocycles. The standard InChI is InChI=1S/C30H31N3O5S2/c1-21-11-17-29(24(4)18-21)33(40(37,38)27-8-6-5-7-9-27)20-30(34)31-25-13-15-26(16-14-25)39(35,36)32-28-19-22(2)10-12-23(28)3/h5-19,32H,20H2,1-4H3,(H,31,34). The molecule has 0 unspecified atom stereocenters. The van der Waals surface area contributed by atoms with Gasteiger partial charge in [0.25, 0.3) is 20.0 Å². The molecule has 0 atom stereocenters. The Morgan fingerprint density at radius 2 is 1.32 bits per heavy atom. The number of benzene rings is 4. The van der Waals surface area contributed by atoms with Gasteiger partial charge in [0, 0.05) is 5.69 Å². The van der Waals surface area contributed by atoms with Crippen LogP contribution in [0.1, 0.15) is 22.3 Å². The van der Waals surface area contributed by atoms with Crippen molar-refractivity contribution >= 4 is 43.0 Å². The van der Waals surface area contributed by atoms with Crippen LogP contribution in [0.2, 0.25) is 0 Å². The van der Waals surface area contributed by atoms with Gasteiger partial charge in [0.2, 0.25) is 5.91 Å². The zero-order valence-corrected chi connectivity index (χ0v) is 24.3. The van der Waals surface area contributed by atoms with Gasteiger partial charge in [-0.3, -0.25) is 13.8 Å². The first-order valence-corrected chi connectivity index (χ1v) is 15.4. The first-order valence-electron chi connectivity index (χ1n) is 12.5. The Bertz CT molecular complexity index is 1750. The second-order valence-electron chi connectivity index (χ2n) is 9.61. The fourth-order valence-electron chi connectivity index (χ4n) is 4.20. The van der Waals surface area contributed by atoms with Crippen LogP contribution >= 0.6 is 0 Å². The summed E-state index contributed by atoms with van der Waals surface area (Å²) in [6.45, 7) is 6.91. The Balaban J connectivity index is 1.55. The Hall–Kier alpha value is -4.15. The number of anilines is 3. The fourth-order valence-corrected chi connectivity index (χ4v) is 6.83. The number of amides is 1. The van der Waals surface area contributed by atoms with Gasteiger partial charge in [-0.25, -0.2) is 16.8 Å². The molecular formula is C30H31N3O5S2. The van der Waals surface area contributed by atoms with Crippen molar-refractivity contribution in [1.29, 1.82) is 0 Å². The van der Waals surface area contributed by atoms with E-state index in [1.54, 1.807) is 43.3 Å². The summed E-state index contributed by atoms with van der Waals surface area (Å²) in [7, 11) is -7.92. The van der Waals surface area contributed by atoms with E-state index < -0.39 is 32.5 Å². The molecule has 4 aromatic carbocycles. The maximum absolute atomic E-state index is 13.6. The lowest BCUT2D eigenvalue weighted by Crippen LogP contribution is -2.38. The lowest BCUT2D eigenvalue weighted by atomic mass is 10.1. The minimum atomic E-state index is -4.05. The first-order chi connectivity index (χ1) is 18.9. The largest absolute Gasteiger partial charge is 0.325 e. The molecule has 0 heterocycles. The Morgan fingerprint density at radius 3 is 1.98 bits per heavy atom. The zero-order valence-electron chi connectivity index (χ0n) is 22.7. The van der Waals surface area contributed by atoms with Crippen molar-refractivity contribution in [3.8, 4) is 0 Å². The SMILES string of the molecule is Cc1ccc(N(CC(=O)Nc2ccc(S(=O)(=O)Nc3cc(C)ccc3C)cc2)S(=O)(=O)c2ccccc2)c(C)c1. The predicted molar refractivity (Wildman–Crippen MR) is 159 cm³/mol. The van der Waals surface area contributed by atoms with Gasteiger partial charge in [0.05, 0.1) is 21.2 Å². The van der Waals surface area contributed by atoms with Crippen molar-refractivity contribution in [2.75, 3.05) is 20.9 Å². The molecular weight excluding hydrogens is 546 g/mol. The third-order valence-corrected chi connectivity index (χ3v) is 9.48. The molecule has 0 bridgehead atoms. The highest BCUT2D eigenvalue weighted by molar-refractivity contribution is 7.93. The number of carbonyl (C=O) groups is 1. The summed E-state index contributed by atoms with van der Waals surface area (Å²) in [4.78, 5) is 13.2. The van der Waals surface area contributed by atoms with E-state index in [0.717, 1.165) is 21.0 Å². The second-order valence-corrected chi connectivity index (χ2v) is 13.2. The van der Waals surface area contributed by atoms with Crippen molar-refractivity contribution in [2.45, 2.75) is 37.5 Å². The van der Waals surface area contributed by atoms with Gasteiger partial charge in [-0.2, -0.15) is 0 Å². The summed E-state index contributed by atoms with van der Waals surface area (Å²) in [5.74, 6) is -0.580. The predicted octanol–water partition coefficient (Wildman–Crippen LogP) is 5.56. The number of nitrogens with zero attached hydrogens (tertiary/aromatic N) is 1. The van der Waals surface area contributed by atoms with Gasteiger partial charge in [0.15, 0.2) is 0 Å². The number of hydrogen-bond donors (Lipinski definition) is 2. The topological polar surface area (TPSA) is 113 Å². The molecule has 1 amide bonds. The molecule has 208 valence electrons. The second kappa shape index (κ2) is 11.5. The van der Waals surface area contributed by atoms with E-state index in [0.29, 0.717) is 22.6 Å². The van der Waals surface area contributed by atoms with Gasteiger partial charge in [-0.15, -0.1) is 0 Å². The quantitative estimate of drug-likeness (QED) is 0.271. The van der Waals surface area contributed by atoms with Gasteiger partial charge in [0.1, 0.15) is 6.54 Å². The van der Waals surface area contributed by atoms with Gasteiger partial charge >= 0.3 is 0 Å². The Labute approximate surface area is 235 Å². The van der Waals surface area contributed by atoms with Crippen LogP contribution in [0.25, 0.3) is 0 Å². The molecule has 8 nitrogen and oxygen atoms in total. The van der Waals surface area contributed by atoms with Crippen LogP contribution < -0.4 is 14.3 Å². The number of carbonyl (C=O) groups excluding carboxylic acids is 1. The molecule has 2 N–H and O–H groups in total. The average Bonchev–Trinajstić information content (AvgIpc) is 2.90. The van der Waals surface area contributed by atoms with Crippen molar-refractivity contribution in [1.82, 2.24) is 0 Å². The monoisotopic (exact) mass is 577 g/mol. The Morgan fingerprint density at radius 1 is 0.700 bits per heavy atom. The summed E-state index contributed by atoms with van der Waals surface area (Å²) >= 11 is 0. The van der Waals surface area contributed by atoms with Gasteiger partial charge in [-0.05, 0) is 92.9 Å². The molecule has 40 heavy (non-hydrogen) atoms. The summed E-state index contributed by atoms with van der Waals surface area (Å²) in [5, 5.41) is 2.68. The number of nitrogens with one attached hydrogen (secondary N) is 2. The van der Waals surface area contributed by atoms with Crippen LogP contribution in [0.5, 0.6) is 0 Å². The molecule has 4 rings (SSSR count). The minimum Gasteiger partial charge on any atom is -0.325 e. The van der Waals surface area contributed by atoms with Crippen molar-refractivity contribution < 1.29 is 21.6 Å². The average molecular weight is 578 g/mol. The van der Waals surface area contributed by atoms with Crippen LogP contribution in [0.3, 0.4) is 0 Å². The molecule has 0 aliphatic heterocycles. The number of sulfonamides is 2. The molecule has 0 aromatic heterocycles. The molecule has 0 spiro atoms. The summed E-state index contributed by atoms with van der Waals surface area (Å²) < 4.78 is 56.7. The van der Waals surface area contributed by atoms with Crippen molar-refractivity contribution in [3.63, 3.8) is 0 Å². The molecule has 10 heteroatoms. The zero-order chi connectivity index (χ0) is 29.1. The number of rotatable bonds is 9. The summed E-state index contributed by atoms with van der Waals surface area (Å²) in [6, 6.07) is 24.4. The van der Waals surface area contributed by atoms with Crippen molar-refractivity contribution in [2.24, 2.45) is 0 Å². The van der Waals surface area contributed by atoms with Crippen LogP contribution in [-0.4, -0.2) is 29.3 Å². The van der Waals surface area contributed by atoms with E-state index in [1.165, 1.54) is 36.4 Å². The summed E-state index contributed by atoms with van der Waals surface area (Å²) in [5.41, 5.74) is 4.59. The van der Waals surface area contributed by atoms with E-state index in [1.807, 2.05) is 39.0 Å². The number of hydrogen-bond acceptors (Lipinski definition) is 5. The summed E-state index contributed by atoms with van der Waals surface area (Å²) in [6.07, 6.45) is 0. The molecule has 0 saturated carbocycles. The minimum absolute atomic E-state index is 0.0231. The van der Waals surface area contributed by atoms with E-state index in [2.05, 4.69) is 10.0 Å². The fraction of sp³-hybridized carbons (Fsp3) is 0.167.